The quantitative estimate of drug-likeness (QED) is 0.213. The van der Waals surface area contributed by atoms with Gasteiger partial charge in [0.25, 0.3) is 0 Å². The van der Waals surface area contributed by atoms with E-state index in [0.717, 1.165) is 33.8 Å². The van der Waals surface area contributed by atoms with E-state index in [9.17, 15) is 18.0 Å². The van der Waals surface area contributed by atoms with Gasteiger partial charge in [0.2, 0.25) is 0 Å². The third-order valence-corrected chi connectivity index (χ3v) is 8.73. The molecule has 1 N–H and O–H groups in total. The van der Waals surface area contributed by atoms with E-state index in [4.69, 9.17) is 11.6 Å². The maximum absolute atomic E-state index is 13.0. The van der Waals surface area contributed by atoms with Gasteiger partial charge in [-0.3, -0.25) is 10.3 Å². The molecule has 2 amide bonds. The number of halogens is 4. The summed E-state index contributed by atoms with van der Waals surface area (Å²) in [5.74, 6) is 1.09. The monoisotopic (exact) mass is 653 g/mol. The fourth-order valence-electron chi connectivity index (χ4n) is 5.14. The Hall–Kier alpha value is -4.33. The van der Waals surface area contributed by atoms with Crippen LogP contribution in [0.1, 0.15) is 36.9 Å². The fraction of sp³-hybridized carbons (Fsp3) is 0.226. The number of amides is 2. The molecule has 9 nitrogen and oxygen atoms in total. The van der Waals surface area contributed by atoms with E-state index in [2.05, 4.69) is 38.2 Å². The topological polar surface area (TPSA) is 87.9 Å². The zero-order valence-electron chi connectivity index (χ0n) is 24.3. The molecule has 0 spiro atoms. The van der Waals surface area contributed by atoms with E-state index in [0.29, 0.717) is 21.7 Å². The van der Waals surface area contributed by atoms with Crippen molar-refractivity contribution in [1.82, 2.24) is 25.2 Å². The lowest BCUT2D eigenvalue weighted by Gasteiger charge is -2.30. The number of anilines is 1. The largest absolute Gasteiger partial charge is 0.573 e. The molecule has 4 aromatic rings. The molecule has 14 heteroatoms. The van der Waals surface area contributed by atoms with Gasteiger partial charge in [-0.25, -0.2) is 19.5 Å². The molecule has 2 aliphatic rings. The number of fused-ring (bicyclic) bond motifs is 3. The van der Waals surface area contributed by atoms with Crippen LogP contribution in [0.15, 0.2) is 89.8 Å². The van der Waals surface area contributed by atoms with Crippen LogP contribution in [0, 0.1) is 0 Å². The molecule has 2 atom stereocenters. The molecule has 45 heavy (non-hydrogen) atoms. The average Bonchev–Trinajstić information content (AvgIpc) is 3.64. The van der Waals surface area contributed by atoms with E-state index in [1.807, 2.05) is 54.3 Å². The number of thioether (sulfide) groups is 1. The Bertz CT molecular complexity index is 1790. The number of allylic oxidation sites excluding steroid dienone is 1. The summed E-state index contributed by atoms with van der Waals surface area (Å²) in [5, 5.41) is 7.36. The van der Waals surface area contributed by atoms with Crippen molar-refractivity contribution in [2.45, 2.75) is 32.2 Å². The first kappa shape index (κ1) is 30.7. The Morgan fingerprint density at radius 1 is 1.16 bits per heavy atom. The van der Waals surface area contributed by atoms with Gasteiger partial charge in [0.15, 0.2) is 11.0 Å². The van der Waals surface area contributed by atoms with Gasteiger partial charge in [-0.15, -0.1) is 18.3 Å². The van der Waals surface area contributed by atoms with Crippen LogP contribution in [-0.4, -0.2) is 50.1 Å². The summed E-state index contributed by atoms with van der Waals surface area (Å²) < 4.78 is 42.7. The second kappa shape index (κ2) is 12.2. The maximum Gasteiger partial charge on any atom is 0.573 e. The summed E-state index contributed by atoms with van der Waals surface area (Å²) in [6, 6.07) is 18.0. The van der Waals surface area contributed by atoms with Gasteiger partial charge in [0.05, 0.1) is 17.4 Å². The molecule has 232 valence electrons. The van der Waals surface area contributed by atoms with Crippen molar-refractivity contribution in [3.05, 3.63) is 101 Å². The van der Waals surface area contributed by atoms with E-state index >= 15 is 0 Å². The molecule has 0 radical (unpaired) electrons. The number of aliphatic imine (C=N–C) groups is 1. The van der Waals surface area contributed by atoms with Gasteiger partial charge < -0.3 is 4.74 Å². The van der Waals surface area contributed by atoms with Crippen LogP contribution in [0.3, 0.4) is 0 Å². The van der Waals surface area contributed by atoms with Gasteiger partial charge in [-0.05, 0) is 54.4 Å². The van der Waals surface area contributed by atoms with Crippen molar-refractivity contribution in [3.8, 4) is 22.8 Å². The van der Waals surface area contributed by atoms with Crippen molar-refractivity contribution >= 4 is 40.2 Å². The Morgan fingerprint density at radius 3 is 2.60 bits per heavy atom. The molecule has 1 saturated heterocycles. The SMILES string of the molecule is CC1C=C2CSC(=NC(=O)NN(C)C(C)c3ccc(-c4ncn(-c5ccc(OC(F)(F)F)cc5)n4)cc3)N2c2cc(Cl)ccc21. The van der Waals surface area contributed by atoms with E-state index in [-0.39, 0.29) is 17.7 Å². The molecule has 0 saturated carbocycles. The Labute approximate surface area is 266 Å². The Balaban J connectivity index is 1.10. The summed E-state index contributed by atoms with van der Waals surface area (Å²) in [6.45, 7) is 4.09. The number of carbonyl (C=O) groups excluding carboxylic acids is 1. The van der Waals surface area contributed by atoms with Gasteiger partial charge in [-0.1, -0.05) is 66.7 Å². The van der Waals surface area contributed by atoms with Crippen LogP contribution < -0.4 is 15.1 Å². The number of carbonyl (C=O) groups is 1. The summed E-state index contributed by atoms with van der Waals surface area (Å²) >= 11 is 7.81. The van der Waals surface area contributed by atoms with Crippen LogP contribution in [0.4, 0.5) is 23.7 Å². The number of hydrogen-bond acceptors (Lipinski definition) is 6. The predicted octanol–water partition coefficient (Wildman–Crippen LogP) is 7.71. The smallest absolute Gasteiger partial charge is 0.406 e. The van der Waals surface area contributed by atoms with Crippen LogP contribution >= 0.6 is 23.4 Å². The van der Waals surface area contributed by atoms with Crippen LogP contribution in [-0.2, 0) is 0 Å². The highest BCUT2D eigenvalue weighted by Gasteiger charge is 2.34. The van der Waals surface area contributed by atoms with Gasteiger partial charge in [0.1, 0.15) is 12.1 Å². The molecule has 0 aliphatic carbocycles. The zero-order chi connectivity index (χ0) is 31.9. The lowest BCUT2D eigenvalue weighted by Crippen LogP contribution is -2.40. The summed E-state index contributed by atoms with van der Waals surface area (Å²) in [6.07, 6.45) is -1.09. The molecule has 0 bridgehead atoms. The third kappa shape index (κ3) is 6.70. The molecule has 1 aromatic heterocycles. The number of aromatic nitrogens is 3. The number of urea groups is 1. The van der Waals surface area contributed by atoms with Crippen LogP contribution in [0.2, 0.25) is 5.02 Å². The number of alkyl halides is 3. The Morgan fingerprint density at radius 2 is 1.89 bits per heavy atom. The van der Waals surface area contributed by atoms with Gasteiger partial charge in [0, 0.05) is 35.0 Å². The minimum atomic E-state index is -4.76. The number of amidine groups is 1. The molecular formula is C31H27ClF3N7O2S. The molecule has 2 unspecified atom stereocenters. The number of nitrogens with zero attached hydrogens (tertiary/aromatic N) is 6. The van der Waals surface area contributed by atoms with Crippen LogP contribution in [0.5, 0.6) is 5.75 Å². The van der Waals surface area contributed by atoms with E-state index < -0.39 is 12.4 Å². The summed E-state index contributed by atoms with van der Waals surface area (Å²) in [4.78, 5) is 23.7. The highest BCUT2D eigenvalue weighted by Crippen LogP contribution is 2.43. The molecule has 3 aromatic carbocycles. The lowest BCUT2D eigenvalue weighted by molar-refractivity contribution is -0.274. The van der Waals surface area contributed by atoms with Crippen molar-refractivity contribution in [2.75, 3.05) is 17.7 Å². The minimum Gasteiger partial charge on any atom is -0.406 e. The standard InChI is InChI=1S/C31H27ClF3N7O2S/c1-18-14-24-16-45-30(42(24)27-15-22(32)8-13-26(18)27)37-29(43)39-40(3)19(2)20-4-6-21(7-5-20)28-36-17-41(38-28)23-9-11-25(12-10-23)44-31(33,34)35/h4-15,17-19H,16H2,1-3H3,(H,39,43). The first-order chi connectivity index (χ1) is 21.4. The lowest BCUT2D eigenvalue weighted by atomic mass is 9.94. The molecular weight excluding hydrogens is 627 g/mol. The number of nitrogens with one attached hydrogen (secondary N) is 1. The molecule has 2 aliphatic heterocycles. The average molecular weight is 654 g/mol. The van der Waals surface area contributed by atoms with Gasteiger partial charge in [-0.2, -0.15) is 4.99 Å². The minimum absolute atomic E-state index is 0.187. The maximum atomic E-state index is 13.0. The van der Waals surface area contributed by atoms with Crippen LogP contribution in [0.25, 0.3) is 17.1 Å². The normalized spacial score (nSPS) is 17.6. The van der Waals surface area contributed by atoms with E-state index in [1.54, 1.807) is 12.1 Å². The highest BCUT2D eigenvalue weighted by molar-refractivity contribution is 8.14. The molecule has 1 fully saturated rings. The number of ether oxygens (including phenoxy) is 1. The zero-order valence-corrected chi connectivity index (χ0v) is 25.9. The van der Waals surface area contributed by atoms with Gasteiger partial charge >= 0.3 is 12.4 Å². The second-order valence-corrected chi connectivity index (χ2v) is 11.9. The third-order valence-electron chi connectivity index (χ3n) is 7.52. The first-order valence-corrected chi connectivity index (χ1v) is 15.2. The van der Waals surface area contributed by atoms with E-state index in [1.165, 1.54) is 47.0 Å². The summed E-state index contributed by atoms with van der Waals surface area (Å²) in [7, 11) is 1.77. The first-order valence-electron chi connectivity index (χ1n) is 13.9. The number of hydrazine groups is 1. The summed E-state index contributed by atoms with van der Waals surface area (Å²) in [5.41, 5.74) is 8.22. The second-order valence-electron chi connectivity index (χ2n) is 10.5. The predicted molar refractivity (Wildman–Crippen MR) is 169 cm³/mol. The number of rotatable bonds is 6. The van der Waals surface area contributed by atoms with Crippen molar-refractivity contribution < 1.29 is 22.7 Å². The van der Waals surface area contributed by atoms with Crippen molar-refractivity contribution in [2.24, 2.45) is 4.99 Å². The highest BCUT2D eigenvalue weighted by atomic mass is 35.5. The number of hydrogen-bond donors (Lipinski definition) is 1. The van der Waals surface area contributed by atoms with Crippen molar-refractivity contribution in [1.29, 1.82) is 0 Å². The molecule has 3 heterocycles. The Kier molecular flexibility index (Phi) is 8.33. The molecule has 6 rings (SSSR count). The fourth-order valence-corrected chi connectivity index (χ4v) is 6.30. The number of benzene rings is 3. The van der Waals surface area contributed by atoms with Crippen molar-refractivity contribution in [3.63, 3.8) is 0 Å².